The fourth-order valence-corrected chi connectivity index (χ4v) is 5.45. The van der Waals surface area contributed by atoms with Crippen molar-refractivity contribution in [2.75, 3.05) is 13.1 Å². The maximum atomic E-state index is 13.3. The Balaban J connectivity index is 1.53. The number of nitrogens with zero attached hydrogens (tertiary/aromatic N) is 2. The average Bonchev–Trinajstić information content (AvgIpc) is 3.28. The maximum Gasteiger partial charge on any atom is 0.407 e. The van der Waals surface area contributed by atoms with Crippen LogP contribution in [0, 0.1) is 11.7 Å². The van der Waals surface area contributed by atoms with E-state index < -0.39 is 14.4 Å². The van der Waals surface area contributed by atoms with Crippen LogP contribution in [0.2, 0.25) is 18.1 Å². The van der Waals surface area contributed by atoms with Crippen LogP contribution in [-0.2, 0) is 24.1 Å². The lowest BCUT2D eigenvalue weighted by Gasteiger charge is -2.36. The van der Waals surface area contributed by atoms with Crippen molar-refractivity contribution in [3.05, 3.63) is 59.0 Å². The summed E-state index contributed by atoms with van der Waals surface area (Å²) in [6.45, 7) is 12.9. The van der Waals surface area contributed by atoms with Gasteiger partial charge in [-0.1, -0.05) is 38.1 Å². The van der Waals surface area contributed by atoms with Crippen LogP contribution in [0.3, 0.4) is 0 Å². The third kappa shape index (κ3) is 6.56. The molecule has 1 aromatic heterocycles. The number of carbonyl (C=O) groups is 1. The van der Waals surface area contributed by atoms with Crippen LogP contribution in [0.1, 0.15) is 56.9 Å². The monoisotopic (exact) mass is 542 g/mol. The lowest BCUT2D eigenvalue weighted by atomic mass is 9.91. The van der Waals surface area contributed by atoms with Gasteiger partial charge in [0.25, 0.3) is 0 Å². The number of piperidine rings is 1. The molecular formula is C29H39FN2O5Si. The molecule has 206 valence electrons. The van der Waals surface area contributed by atoms with Gasteiger partial charge in [0.15, 0.2) is 13.9 Å². The van der Waals surface area contributed by atoms with E-state index in [1.165, 1.54) is 17.0 Å². The first kappa shape index (κ1) is 28.1. The van der Waals surface area contributed by atoms with Crippen LogP contribution in [-0.4, -0.2) is 42.7 Å². The fraction of sp³-hybridized carbons (Fsp3) is 0.517. The van der Waals surface area contributed by atoms with E-state index in [9.17, 15) is 14.3 Å². The molecule has 1 fully saturated rings. The molecule has 7 nitrogen and oxygen atoms in total. The maximum absolute atomic E-state index is 13.3. The molecule has 38 heavy (non-hydrogen) atoms. The van der Waals surface area contributed by atoms with Crippen molar-refractivity contribution in [2.45, 2.75) is 77.8 Å². The molecule has 1 amide bonds. The standard InChI is InChI=1S/C29H39FN2O5Si/c1-29(2,3)38(4,5)36-19-24-26(35-18-21-6-9-22(30)10-7-21)13-11-23-25(31-37-27(23)24)12-8-20-14-16-32(17-15-20)28(33)34/h6-7,9-11,13,20H,8,12,14-19H2,1-5H3,(H,33,34). The van der Waals surface area contributed by atoms with Gasteiger partial charge in [-0.2, -0.15) is 0 Å². The predicted molar refractivity (Wildman–Crippen MR) is 147 cm³/mol. The minimum atomic E-state index is -2.04. The molecule has 2 aromatic carbocycles. The number of likely N-dealkylation sites (tertiary alicyclic amines) is 1. The molecule has 3 aromatic rings. The first-order valence-corrected chi connectivity index (χ1v) is 16.2. The van der Waals surface area contributed by atoms with E-state index in [0.29, 0.717) is 43.6 Å². The largest absolute Gasteiger partial charge is 0.488 e. The molecule has 1 saturated heterocycles. The van der Waals surface area contributed by atoms with Gasteiger partial charge in [0.05, 0.1) is 17.9 Å². The molecule has 4 rings (SSSR count). The second-order valence-corrected chi connectivity index (χ2v) is 16.6. The second-order valence-electron chi connectivity index (χ2n) is 11.8. The van der Waals surface area contributed by atoms with E-state index in [-0.39, 0.29) is 10.9 Å². The first-order valence-electron chi connectivity index (χ1n) is 13.3. The van der Waals surface area contributed by atoms with Crippen LogP contribution in [0.5, 0.6) is 5.75 Å². The minimum Gasteiger partial charge on any atom is -0.488 e. The van der Waals surface area contributed by atoms with Crippen LogP contribution in [0.25, 0.3) is 11.0 Å². The molecule has 0 unspecified atom stereocenters. The molecule has 0 saturated carbocycles. The van der Waals surface area contributed by atoms with Crippen molar-refractivity contribution in [1.82, 2.24) is 10.1 Å². The molecule has 0 aliphatic carbocycles. The quantitative estimate of drug-likeness (QED) is 0.284. The van der Waals surface area contributed by atoms with Gasteiger partial charge in [-0.25, -0.2) is 9.18 Å². The third-order valence-electron chi connectivity index (χ3n) is 8.14. The van der Waals surface area contributed by atoms with Crippen LogP contribution in [0.15, 0.2) is 40.9 Å². The lowest BCUT2D eigenvalue weighted by Crippen LogP contribution is -2.40. The SMILES string of the molecule is CC(C)(C)[Si](C)(C)OCc1c(OCc2ccc(F)cc2)ccc2c(CCC3CCN(C(=O)O)CC3)noc12. The topological polar surface area (TPSA) is 85.0 Å². The molecule has 9 heteroatoms. The van der Waals surface area contributed by atoms with E-state index in [0.717, 1.165) is 47.9 Å². The number of hydrogen-bond acceptors (Lipinski definition) is 5. The Morgan fingerprint density at radius 2 is 1.82 bits per heavy atom. The van der Waals surface area contributed by atoms with Crippen LogP contribution < -0.4 is 4.74 Å². The van der Waals surface area contributed by atoms with Gasteiger partial charge in [0.2, 0.25) is 0 Å². The Kier molecular flexibility index (Phi) is 8.47. The zero-order valence-electron chi connectivity index (χ0n) is 23.1. The Labute approximate surface area is 225 Å². The average molecular weight is 543 g/mol. The number of amides is 1. The molecule has 2 heterocycles. The van der Waals surface area contributed by atoms with Crippen molar-refractivity contribution >= 4 is 25.4 Å². The summed E-state index contributed by atoms with van der Waals surface area (Å²) in [5.74, 6) is 0.863. The first-order chi connectivity index (χ1) is 17.9. The zero-order chi connectivity index (χ0) is 27.5. The summed E-state index contributed by atoms with van der Waals surface area (Å²) in [4.78, 5) is 12.7. The minimum absolute atomic E-state index is 0.0544. The van der Waals surface area contributed by atoms with E-state index in [1.54, 1.807) is 12.1 Å². The zero-order valence-corrected chi connectivity index (χ0v) is 24.1. The fourth-order valence-electron chi connectivity index (χ4n) is 4.51. The Morgan fingerprint density at radius 3 is 2.45 bits per heavy atom. The van der Waals surface area contributed by atoms with Crippen LogP contribution >= 0.6 is 0 Å². The van der Waals surface area contributed by atoms with Gasteiger partial charge in [0, 0.05) is 18.5 Å². The smallest absolute Gasteiger partial charge is 0.407 e. The molecule has 1 N–H and O–H groups in total. The molecule has 0 atom stereocenters. The van der Waals surface area contributed by atoms with Gasteiger partial charge in [-0.15, -0.1) is 0 Å². The van der Waals surface area contributed by atoms with E-state index in [4.69, 9.17) is 13.7 Å². The van der Waals surface area contributed by atoms with Gasteiger partial charge in [-0.05, 0) is 79.6 Å². The number of aryl methyl sites for hydroxylation is 1. The molecular weight excluding hydrogens is 503 g/mol. The Hall–Kier alpha value is -2.91. The third-order valence-corrected chi connectivity index (χ3v) is 12.6. The van der Waals surface area contributed by atoms with E-state index in [2.05, 4.69) is 39.0 Å². The van der Waals surface area contributed by atoms with Crippen molar-refractivity contribution in [2.24, 2.45) is 5.92 Å². The highest BCUT2D eigenvalue weighted by molar-refractivity contribution is 6.74. The van der Waals surface area contributed by atoms with Gasteiger partial charge in [0.1, 0.15) is 18.2 Å². The van der Waals surface area contributed by atoms with E-state index in [1.807, 2.05) is 12.1 Å². The highest BCUT2D eigenvalue weighted by Crippen LogP contribution is 2.39. The summed E-state index contributed by atoms with van der Waals surface area (Å²) >= 11 is 0. The summed E-state index contributed by atoms with van der Waals surface area (Å²) in [6, 6.07) is 10.2. The number of carboxylic acid groups (broad SMARTS) is 1. The molecule has 1 aliphatic rings. The lowest BCUT2D eigenvalue weighted by molar-refractivity contribution is 0.123. The summed E-state index contributed by atoms with van der Waals surface area (Å²) in [5.41, 5.74) is 3.29. The molecule has 0 bridgehead atoms. The molecule has 0 spiro atoms. The summed E-state index contributed by atoms with van der Waals surface area (Å²) < 4.78 is 32.0. The highest BCUT2D eigenvalue weighted by Gasteiger charge is 2.37. The van der Waals surface area contributed by atoms with Crippen molar-refractivity contribution < 1.29 is 28.0 Å². The normalized spacial score (nSPS) is 15.3. The summed E-state index contributed by atoms with van der Waals surface area (Å²) in [7, 11) is -2.04. The number of fused-ring (bicyclic) bond motifs is 1. The molecule has 1 aliphatic heterocycles. The van der Waals surface area contributed by atoms with Crippen molar-refractivity contribution in [3.8, 4) is 5.75 Å². The van der Waals surface area contributed by atoms with Gasteiger partial charge >= 0.3 is 6.09 Å². The molecule has 0 radical (unpaired) electrons. The Morgan fingerprint density at radius 1 is 1.13 bits per heavy atom. The Bertz CT molecular complexity index is 1240. The highest BCUT2D eigenvalue weighted by atomic mass is 28.4. The number of halogens is 1. The van der Waals surface area contributed by atoms with Gasteiger partial charge < -0.3 is 23.7 Å². The van der Waals surface area contributed by atoms with Crippen molar-refractivity contribution in [3.63, 3.8) is 0 Å². The van der Waals surface area contributed by atoms with Gasteiger partial charge in [-0.3, -0.25) is 0 Å². The number of rotatable bonds is 9. The van der Waals surface area contributed by atoms with E-state index >= 15 is 0 Å². The van der Waals surface area contributed by atoms with Crippen molar-refractivity contribution in [1.29, 1.82) is 0 Å². The second kappa shape index (κ2) is 11.5. The summed E-state index contributed by atoms with van der Waals surface area (Å²) in [5, 5.41) is 14.6. The number of aromatic nitrogens is 1. The summed E-state index contributed by atoms with van der Waals surface area (Å²) in [6.07, 6.45) is 2.61. The number of benzene rings is 2. The predicted octanol–water partition coefficient (Wildman–Crippen LogP) is 7.39. The number of ether oxygens (including phenoxy) is 1. The number of hydrogen-bond donors (Lipinski definition) is 1. The van der Waals surface area contributed by atoms with Crippen LogP contribution in [0.4, 0.5) is 9.18 Å².